The van der Waals surface area contributed by atoms with E-state index in [1.54, 1.807) is 12.1 Å². The van der Waals surface area contributed by atoms with Gasteiger partial charge in [-0.3, -0.25) is 10.2 Å². The average molecular weight is 311 g/mol. The molecule has 0 radical (unpaired) electrons. The summed E-state index contributed by atoms with van der Waals surface area (Å²) in [7, 11) is 0. The number of rotatable bonds is 2. The van der Waals surface area contributed by atoms with Crippen LogP contribution >= 0.6 is 22.9 Å². The summed E-state index contributed by atoms with van der Waals surface area (Å²) in [5.74, 6) is -0.169. The number of thiazole rings is 1. The topological polar surface area (TPSA) is 71.2 Å². The minimum Gasteiger partial charge on any atom is -0.328 e. The normalized spacial score (nSPS) is 17.5. The second kappa shape index (κ2) is 5.65. The molecule has 106 valence electrons. The second-order valence-electron chi connectivity index (χ2n) is 4.90. The van der Waals surface area contributed by atoms with Gasteiger partial charge in [-0.15, -0.1) is 11.3 Å². The maximum atomic E-state index is 12.2. The monoisotopic (exact) mass is 310 g/mol. The average Bonchev–Trinajstić information content (AvgIpc) is 2.84. The maximum absolute atomic E-state index is 12.2. The molecule has 1 amide bonds. The summed E-state index contributed by atoms with van der Waals surface area (Å²) in [6.45, 7) is 1.56. The summed E-state index contributed by atoms with van der Waals surface area (Å²) < 4.78 is 0.959. The van der Waals surface area contributed by atoms with Gasteiger partial charge in [-0.2, -0.15) is 0 Å². The SMILES string of the molecule is NC1CCN(NC(=O)c2nc3cc(Cl)ccc3s2)CC1. The minimum absolute atomic E-state index is 0.169. The van der Waals surface area contributed by atoms with Crippen molar-refractivity contribution in [1.82, 2.24) is 15.4 Å². The summed E-state index contributed by atoms with van der Waals surface area (Å²) in [4.78, 5) is 16.5. The minimum atomic E-state index is -0.169. The first kappa shape index (κ1) is 13.8. The van der Waals surface area contributed by atoms with Gasteiger partial charge in [0.15, 0.2) is 5.01 Å². The Kier molecular flexibility index (Phi) is 3.89. The lowest BCUT2D eigenvalue weighted by atomic mass is 10.1. The number of nitrogens with two attached hydrogens (primary N) is 1. The Morgan fingerprint density at radius 2 is 2.20 bits per heavy atom. The van der Waals surface area contributed by atoms with E-state index in [1.165, 1.54) is 11.3 Å². The fourth-order valence-electron chi connectivity index (χ4n) is 2.20. The van der Waals surface area contributed by atoms with Gasteiger partial charge in [0, 0.05) is 24.2 Å². The van der Waals surface area contributed by atoms with Crippen molar-refractivity contribution in [3.63, 3.8) is 0 Å². The summed E-state index contributed by atoms with van der Waals surface area (Å²) >= 11 is 7.29. The van der Waals surface area contributed by atoms with Crippen LogP contribution in [0.1, 0.15) is 22.6 Å². The van der Waals surface area contributed by atoms with Gasteiger partial charge in [0.25, 0.3) is 5.91 Å². The number of aromatic nitrogens is 1. The molecule has 3 N–H and O–H groups in total. The number of nitrogens with zero attached hydrogens (tertiary/aromatic N) is 2. The van der Waals surface area contributed by atoms with Crippen LogP contribution in [0.15, 0.2) is 18.2 Å². The molecule has 0 unspecified atom stereocenters. The Balaban J connectivity index is 1.72. The van der Waals surface area contributed by atoms with Gasteiger partial charge in [0.05, 0.1) is 10.2 Å². The molecule has 7 heteroatoms. The third-order valence-electron chi connectivity index (χ3n) is 3.34. The molecule has 5 nitrogen and oxygen atoms in total. The van der Waals surface area contributed by atoms with E-state index in [0.29, 0.717) is 10.0 Å². The van der Waals surface area contributed by atoms with E-state index in [2.05, 4.69) is 10.4 Å². The van der Waals surface area contributed by atoms with Crippen LogP contribution in [0.4, 0.5) is 0 Å². The molecule has 1 aliphatic rings. The smallest absolute Gasteiger partial charge is 0.294 e. The van der Waals surface area contributed by atoms with Crippen molar-refractivity contribution in [2.45, 2.75) is 18.9 Å². The first-order valence-corrected chi connectivity index (χ1v) is 7.69. The molecule has 0 aliphatic carbocycles. The van der Waals surface area contributed by atoms with E-state index < -0.39 is 0 Å². The highest BCUT2D eigenvalue weighted by Gasteiger charge is 2.20. The number of hydrazine groups is 1. The molecule has 3 rings (SSSR count). The molecule has 1 aromatic carbocycles. The fourth-order valence-corrected chi connectivity index (χ4v) is 3.20. The molecular weight excluding hydrogens is 296 g/mol. The number of carbonyl (C=O) groups excluding carboxylic acids is 1. The molecule has 1 saturated heterocycles. The number of halogens is 1. The van der Waals surface area contributed by atoms with Crippen molar-refractivity contribution < 1.29 is 4.79 Å². The van der Waals surface area contributed by atoms with E-state index in [0.717, 1.165) is 36.1 Å². The van der Waals surface area contributed by atoms with Crippen LogP contribution in [0.25, 0.3) is 10.2 Å². The Morgan fingerprint density at radius 1 is 1.45 bits per heavy atom. The van der Waals surface area contributed by atoms with Gasteiger partial charge in [0.2, 0.25) is 0 Å². The highest BCUT2D eigenvalue weighted by molar-refractivity contribution is 7.20. The lowest BCUT2D eigenvalue weighted by molar-refractivity contribution is 0.0736. The van der Waals surface area contributed by atoms with E-state index in [4.69, 9.17) is 17.3 Å². The number of hydrogen-bond acceptors (Lipinski definition) is 5. The summed E-state index contributed by atoms with van der Waals surface area (Å²) in [6.07, 6.45) is 1.80. The number of hydrogen-bond donors (Lipinski definition) is 2. The Labute approximate surface area is 125 Å². The van der Waals surface area contributed by atoms with Crippen LogP contribution in [0, 0.1) is 0 Å². The quantitative estimate of drug-likeness (QED) is 0.890. The number of fused-ring (bicyclic) bond motifs is 1. The highest BCUT2D eigenvalue weighted by atomic mass is 35.5. The maximum Gasteiger partial charge on any atom is 0.294 e. The molecular formula is C13H15ClN4OS. The number of amides is 1. The Hall–Kier alpha value is -1.21. The number of nitrogens with one attached hydrogen (secondary N) is 1. The van der Waals surface area contributed by atoms with E-state index in [-0.39, 0.29) is 11.9 Å². The van der Waals surface area contributed by atoms with Crippen molar-refractivity contribution in [3.8, 4) is 0 Å². The molecule has 2 aromatic rings. The molecule has 20 heavy (non-hydrogen) atoms. The van der Waals surface area contributed by atoms with E-state index in [9.17, 15) is 4.79 Å². The van der Waals surface area contributed by atoms with Crippen LogP contribution in [-0.2, 0) is 0 Å². The van der Waals surface area contributed by atoms with Crippen LogP contribution in [0.3, 0.4) is 0 Å². The van der Waals surface area contributed by atoms with Gasteiger partial charge in [0.1, 0.15) is 0 Å². The van der Waals surface area contributed by atoms with Crippen molar-refractivity contribution in [3.05, 3.63) is 28.2 Å². The summed E-state index contributed by atoms with van der Waals surface area (Å²) in [5.41, 5.74) is 9.48. The lowest BCUT2D eigenvalue weighted by Crippen LogP contribution is -2.49. The van der Waals surface area contributed by atoms with Crippen molar-refractivity contribution in [2.75, 3.05) is 13.1 Å². The first-order chi connectivity index (χ1) is 9.61. The Bertz CT molecular complexity index is 636. The molecule has 0 spiro atoms. The standard InChI is InChI=1S/C13H15ClN4OS/c14-8-1-2-11-10(7-8)16-13(20-11)12(19)17-18-5-3-9(15)4-6-18/h1-2,7,9H,3-6,15H2,(H,17,19). The molecule has 0 atom stereocenters. The molecule has 1 aromatic heterocycles. The van der Waals surface area contributed by atoms with E-state index in [1.807, 2.05) is 11.1 Å². The zero-order valence-electron chi connectivity index (χ0n) is 10.8. The van der Waals surface area contributed by atoms with Gasteiger partial charge in [-0.05, 0) is 31.0 Å². The zero-order chi connectivity index (χ0) is 14.1. The molecule has 0 bridgehead atoms. The largest absolute Gasteiger partial charge is 0.328 e. The van der Waals surface area contributed by atoms with Gasteiger partial charge < -0.3 is 5.73 Å². The molecule has 1 fully saturated rings. The van der Waals surface area contributed by atoms with Gasteiger partial charge in [-0.1, -0.05) is 11.6 Å². The van der Waals surface area contributed by atoms with Crippen molar-refractivity contribution in [1.29, 1.82) is 0 Å². The molecule has 0 saturated carbocycles. The van der Waals surface area contributed by atoms with Crippen molar-refractivity contribution >= 4 is 39.1 Å². The highest BCUT2D eigenvalue weighted by Crippen LogP contribution is 2.25. The zero-order valence-corrected chi connectivity index (χ0v) is 12.4. The summed E-state index contributed by atoms with van der Waals surface area (Å²) in [6, 6.07) is 5.69. The van der Waals surface area contributed by atoms with Gasteiger partial charge in [-0.25, -0.2) is 9.99 Å². The Morgan fingerprint density at radius 3 is 2.95 bits per heavy atom. The predicted molar refractivity (Wildman–Crippen MR) is 80.9 cm³/mol. The van der Waals surface area contributed by atoms with E-state index >= 15 is 0 Å². The van der Waals surface area contributed by atoms with Crippen LogP contribution in [0.5, 0.6) is 0 Å². The summed E-state index contributed by atoms with van der Waals surface area (Å²) in [5, 5.41) is 2.99. The van der Waals surface area contributed by atoms with Gasteiger partial charge >= 0.3 is 0 Å². The van der Waals surface area contributed by atoms with Crippen molar-refractivity contribution in [2.24, 2.45) is 5.73 Å². The molecule has 2 heterocycles. The fraction of sp³-hybridized carbons (Fsp3) is 0.385. The van der Waals surface area contributed by atoms with Crippen LogP contribution in [-0.4, -0.2) is 35.0 Å². The third-order valence-corrected chi connectivity index (χ3v) is 4.61. The van der Waals surface area contributed by atoms with Crippen LogP contribution in [0.2, 0.25) is 5.02 Å². The number of carbonyl (C=O) groups is 1. The predicted octanol–water partition coefficient (Wildman–Crippen LogP) is 2.02. The first-order valence-electron chi connectivity index (χ1n) is 6.49. The third kappa shape index (κ3) is 2.93. The number of piperidine rings is 1. The molecule has 1 aliphatic heterocycles. The van der Waals surface area contributed by atoms with Crippen LogP contribution < -0.4 is 11.2 Å². The second-order valence-corrected chi connectivity index (χ2v) is 6.36. The lowest BCUT2D eigenvalue weighted by Gasteiger charge is -2.29. The number of benzene rings is 1.